The van der Waals surface area contributed by atoms with Crippen LogP contribution in [0.25, 0.3) is 0 Å². The minimum atomic E-state index is -0.422. The van der Waals surface area contributed by atoms with E-state index in [1.54, 1.807) is 31.3 Å². The summed E-state index contributed by atoms with van der Waals surface area (Å²) in [6, 6.07) is 7.75. The molecule has 2 rings (SSSR count). The van der Waals surface area contributed by atoms with Crippen LogP contribution < -0.4 is 10.5 Å². The Morgan fingerprint density at radius 2 is 2.14 bits per heavy atom. The molecule has 0 spiro atoms. The molecule has 120 valence electrons. The Hall–Kier alpha value is -2.05. The number of rotatable bonds is 6. The summed E-state index contributed by atoms with van der Waals surface area (Å²) in [4.78, 5) is 13.6. The van der Waals surface area contributed by atoms with E-state index >= 15 is 0 Å². The standard InChI is InChI=1S/C15H17FN2O3.ClH/c1-18(15(19)11-8-12(9-17)21-10-11)6-7-20-14-5-3-2-4-13(14)16;/h2-5,8,10H,6-7,9,17H2,1H3;1H. The van der Waals surface area contributed by atoms with Crippen LogP contribution >= 0.6 is 12.4 Å². The first kappa shape index (κ1) is 18.0. The van der Waals surface area contributed by atoms with Gasteiger partial charge in [0, 0.05) is 7.05 Å². The molecule has 0 saturated heterocycles. The SMILES string of the molecule is CN(CCOc1ccccc1F)C(=O)c1coc(CN)c1.Cl. The quantitative estimate of drug-likeness (QED) is 0.884. The molecular weight excluding hydrogens is 311 g/mol. The number of furan rings is 1. The Kier molecular flexibility index (Phi) is 6.88. The molecule has 7 heteroatoms. The predicted octanol–water partition coefficient (Wildman–Crippen LogP) is 2.45. The second-order valence-corrected chi connectivity index (χ2v) is 4.51. The number of benzene rings is 1. The summed E-state index contributed by atoms with van der Waals surface area (Å²) >= 11 is 0. The average molecular weight is 329 g/mol. The van der Waals surface area contributed by atoms with Gasteiger partial charge in [-0.05, 0) is 18.2 Å². The van der Waals surface area contributed by atoms with Crippen molar-refractivity contribution in [1.82, 2.24) is 4.90 Å². The zero-order valence-corrected chi connectivity index (χ0v) is 12.9. The molecule has 2 aromatic rings. The highest BCUT2D eigenvalue weighted by Gasteiger charge is 2.14. The molecule has 1 amide bonds. The highest BCUT2D eigenvalue weighted by molar-refractivity contribution is 5.93. The smallest absolute Gasteiger partial charge is 0.256 e. The summed E-state index contributed by atoms with van der Waals surface area (Å²) in [5.74, 6) is 0.103. The lowest BCUT2D eigenvalue weighted by molar-refractivity contribution is 0.0772. The number of hydrogen-bond donors (Lipinski definition) is 1. The first-order valence-corrected chi connectivity index (χ1v) is 6.52. The van der Waals surface area contributed by atoms with Crippen LogP contribution in [-0.2, 0) is 6.54 Å². The van der Waals surface area contributed by atoms with Gasteiger partial charge in [0.2, 0.25) is 0 Å². The molecule has 0 radical (unpaired) electrons. The van der Waals surface area contributed by atoms with Crippen LogP contribution in [0.15, 0.2) is 41.0 Å². The highest BCUT2D eigenvalue weighted by atomic mass is 35.5. The van der Waals surface area contributed by atoms with Crippen molar-refractivity contribution in [3.05, 3.63) is 53.7 Å². The van der Waals surface area contributed by atoms with E-state index in [1.165, 1.54) is 17.2 Å². The number of halogens is 2. The van der Waals surface area contributed by atoms with Crippen molar-refractivity contribution < 1.29 is 18.3 Å². The van der Waals surface area contributed by atoms with Gasteiger partial charge >= 0.3 is 0 Å². The Balaban J connectivity index is 0.00000242. The van der Waals surface area contributed by atoms with Crippen molar-refractivity contribution >= 4 is 18.3 Å². The Bertz CT molecular complexity index is 618. The van der Waals surface area contributed by atoms with Gasteiger partial charge in [-0.2, -0.15) is 0 Å². The van der Waals surface area contributed by atoms with Crippen LogP contribution in [-0.4, -0.2) is 31.0 Å². The summed E-state index contributed by atoms with van der Waals surface area (Å²) in [7, 11) is 1.64. The minimum Gasteiger partial charge on any atom is -0.489 e. The second kappa shape index (κ2) is 8.41. The summed E-state index contributed by atoms with van der Waals surface area (Å²) < 4.78 is 23.8. The van der Waals surface area contributed by atoms with E-state index in [0.717, 1.165) is 0 Å². The first-order chi connectivity index (χ1) is 10.1. The number of ether oxygens (including phenoxy) is 1. The molecule has 0 bridgehead atoms. The normalized spacial score (nSPS) is 9.95. The van der Waals surface area contributed by atoms with Gasteiger partial charge in [-0.3, -0.25) is 4.79 Å². The van der Waals surface area contributed by atoms with E-state index < -0.39 is 5.82 Å². The molecule has 0 aliphatic rings. The summed E-state index contributed by atoms with van der Waals surface area (Å²) in [6.45, 7) is 0.772. The molecule has 0 fully saturated rings. The maximum atomic E-state index is 13.3. The van der Waals surface area contributed by atoms with Gasteiger partial charge < -0.3 is 19.8 Å². The van der Waals surface area contributed by atoms with Gasteiger partial charge in [-0.25, -0.2) is 4.39 Å². The van der Waals surface area contributed by atoms with Crippen LogP contribution in [0.2, 0.25) is 0 Å². The van der Waals surface area contributed by atoms with Crippen molar-refractivity contribution in [2.24, 2.45) is 5.73 Å². The van der Waals surface area contributed by atoms with E-state index in [4.69, 9.17) is 14.9 Å². The molecule has 0 unspecified atom stereocenters. The summed E-state index contributed by atoms with van der Waals surface area (Å²) in [5.41, 5.74) is 5.86. The zero-order chi connectivity index (χ0) is 15.2. The fraction of sp³-hybridized carbons (Fsp3) is 0.267. The fourth-order valence-corrected chi connectivity index (χ4v) is 1.78. The third-order valence-electron chi connectivity index (χ3n) is 2.97. The molecule has 22 heavy (non-hydrogen) atoms. The molecule has 1 aromatic carbocycles. The third kappa shape index (κ3) is 4.47. The minimum absolute atomic E-state index is 0. The largest absolute Gasteiger partial charge is 0.489 e. The van der Waals surface area contributed by atoms with Crippen LogP contribution in [0.5, 0.6) is 5.75 Å². The van der Waals surface area contributed by atoms with Crippen LogP contribution in [0, 0.1) is 5.82 Å². The third-order valence-corrected chi connectivity index (χ3v) is 2.97. The van der Waals surface area contributed by atoms with Gasteiger partial charge in [0.25, 0.3) is 5.91 Å². The summed E-state index contributed by atoms with van der Waals surface area (Å²) in [6.07, 6.45) is 1.37. The Labute approximate surface area is 134 Å². The number of hydrogen-bond acceptors (Lipinski definition) is 4. The van der Waals surface area contributed by atoms with Crippen LogP contribution in [0.1, 0.15) is 16.1 Å². The van der Waals surface area contributed by atoms with Crippen molar-refractivity contribution in [1.29, 1.82) is 0 Å². The van der Waals surface area contributed by atoms with Gasteiger partial charge in [0.05, 0.1) is 18.7 Å². The topological polar surface area (TPSA) is 68.7 Å². The number of nitrogens with zero attached hydrogens (tertiary/aromatic N) is 1. The molecule has 0 aliphatic carbocycles. The molecule has 2 N–H and O–H groups in total. The van der Waals surface area contributed by atoms with E-state index in [2.05, 4.69) is 0 Å². The fourth-order valence-electron chi connectivity index (χ4n) is 1.78. The number of carbonyl (C=O) groups is 1. The number of nitrogens with two attached hydrogens (primary N) is 1. The molecule has 0 atom stereocenters. The highest BCUT2D eigenvalue weighted by Crippen LogP contribution is 2.15. The van der Waals surface area contributed by atoms with E-state index in [0.29, 0.717) is 17.9 Å². The van der Waals surface area contributed by atoms with Crippen LogP contribution in [0.4, 0.5) is 4.39 Å². The molecular formula is C15H18ClFN2O3. The maximum absolute atomic E-state index is 13.3. The monoisotopic (exact) mass is 328 g/mol. The summed E-state index contributed by atoms with van der Waals surface area (Å²) in [5, 5.41) is 0. The lowest BCUT2D eigenvalue weighted by Gasteiger charge is -2.16. The average Bonchev–Trinajstić information content (AvgIpc) is 2.97. The number of amides is 1. The number of carbonyl (C=O) groups excluding carboxylic acids is 1. The number of likely N-dealkylation sites (N-methyl/N-ethyl adjacent to an activating group) is 1. The Morgan fingerprint density at radius 3 is 2.77 bits per heavy atom. The van der Waals surface area contributed by atoms with Gasteiger partial charge in [0.1, 0.15) is 18.6 Å². The number of para-hydroxylation sites is 1. The van der Waals surface area contributed by atoms with Crippen molar-refractivity contribution in [2.75, 3.05) is 20.2 Å². The van der Waals surface area contributed by atoms with Crippen molar-refractivity contribution in [2.45, 2.75) is 6.54 Å². The molecule has 1 heterocycles. The molecule has 0 aliphatic heterocycles. The Morgan fingerprint density at radius 1 is 1.41 bits per heavy atom. The van der Waals surface area contributed by atoms with Crippen molar-refractivity contribution in [3.8, 4) is 5.75 Å². The zero-order valence-electron chi connectivity index (χ0n) is 12.1. The van der Waals surface area contributed by atoms with Crippen molar-refractivity contribution in [3.63, 3.8) is 0 Å². The van der Waals surface area contributed by atoms with Gasteiger partial charge in [-0.15, -0.1) is 12.4 Å². The maximum Gasteiger partial charge on any atom is 0.256 e. The predicted molar refractivity (Wildman–Crippen MR) is 82.7 cm³/mol. The lowest BCUT2D eigenvalue weighted by Crippen LogP contribution is -2.30. The lowest BCUT2D eigenvalue weighted by atomic mass is 10.2. The van der Waals surface area contributed by atoms with E-state index in [1.807, 2.05) is 0 Å². The molecule has 5 nitrogen and oxygen atoms in total. The van der Waals surface area contributed by atoms with Crippen LogP contribution in [0.3, 0.4) is 0 Å². The molecule has 0 saturated carbocycles. The van der Waals surface area contributed by atoms with Gasteiger partial charge in [-0.1, -0.05) is 12.1 Å². The first-order valence-electron chi connectivity index (χ1n) is 6.52. The molecule has 1 aromatic heterocycles. The van der Waals surface area contributed by atoms with Gasteiger partial charge in [0.15, 0.2) is 11.6 Å². The second-order valence-electron chi connectivity index (χ2n) is 4.51. The van der Waals surface area contributed by atoms with E-state index in [9.17, 15) is 9.18 Å². The van der Waals surface area contributed by atoms with E-state index in [-0.39, 0.29) is 37.2 Å².